The summed E-state index contributed by atoms with van der Waals surface area (Å²) < 4.78 is 21.4. The largest absolute Gasteiger partial charge is 0.491 e. The molecule has 1 N–H and O–H groups in total. The highest BCUT2D eigenvalue weighted by Crippen LogP contribution is 2.44. The van der Waals surface area contributed by atoms with Gasteiger partial charge in [0.25, 0.3) is 11.8 Å². The van der Waals surface area contributed by atoms with E-state index >= 15 is 0 Å². The predicted octanol–water partition coefficient (Wildman–Crippen LogP) is 5.49. The van der Waals surface area contributed by atoms with E-state index in [0.717, 1.165) is 20.9 Å². The quantitative estimate of drug-likeness (QED) is 0.153. The van der Waals surface area contributed by atoms with Crippen LogP contribution in [0, 0.1) is 13.8 Å². The van der Waals surface area contributed by atoms with Gasteiger partial charge in [0.15, 0.2) is 0 Å². The average Bonchev–Trinajstić information content (AvgIpc) is 3.22. The maximum absolute atomic E-state index is 13.6. The normalized spacial score (nSPS) is 13.2. The zero-order valence-electron chi connectivity index (χ0n) is 23.9. The third-order valence-electron chi connectivity index (χ3n) is 6.04. The second kappa shape index (κ2) is 16.3. The van der Waals surface area contributed by atoms with Gasteiger partial charge in [-0.1, -0.05) is 58.9 Å². The zero-order chi connectivity index (χ0) is 30.6. The third kappa shape index (κ3) is 9.70. The SMILES string of the molecule is Cc1ccc(SC2=C(Sc3ccc(C)cc3)C(=O)N(c3ccc(OCCOCCOCCOCC(=O)O)cc3)C2=O)cc1. The van der Waals surface area contributed by atoms with Crippen molar-refractivity contribution in [2.45, 2.75) is 23.6 Å². The van der Waals surface area contributed by atoms with E-state index in [1.165, 1.54) is 28.4 Å². The molecule has 11 heteroatoms. The van der Waals surface area contributed by atoms with Crippen molar-refractivity contribution in [1.82, 2.24) is 0 Å². The van der Waals surface area contributed by atoms with Gasteiger partial charge in [-0.2, -0.15) is 0 Å². The van der Waals surface area contributed by atoms with Crippen molar-refractivity contribution < 1.29 is 38.4 Å². The van der Waals surface area contributed by atoms with Crippen LogP contribution >= 0.6 is 23.5 Å². The molecule has 0 aliphatic carbocycles. The Hall–Kier alpha value is -3.61. The number of ether oxygens (including phenoxy) is 4. The molecular weight excluding hydrogens is 590 g/mol. The molecule has 0 saturated carbocycles. The summed E-state index contributed by atoms with van der Waals surface area (Å²) in [6.07, 6.45) is 0. The number of thioether (sulfide) groups is 2. The van der Waals surface area contributed by atoms with Crippen molar-refractivity contribution >= 4 is 47.0 Å². The Morgan fingerprint density at radius 2 is 1.09 bits per heavy atom. The highest BCUT2D eigenvalue weighted by Gasteiger charge is 2.40. The molecule has 0 atom stereocenters. The molecule has 1 aliphatic rings. The minimum absolute atomic E-state index is 0.204. The Labute approximate surface area is 259 Å². The van der Waals surface area contributed by atoms with Gasteiger partial charge in [0.05, 0.1) is 48.5 Å². The van der Waals surface area contributed by atoms with Gasteiger partial charge in [0.1, 0.15) is 19.0 Å². The fourth-order valence-corrected chi connectivity index (χ4v) is 5.84. The van der Waals surface area contributed by atoms with Gasteiger partial charge in [-0.25, -0.2) is 9.69 Å². The van der Waals surface area contributed by atoms with Crippen molar-refractivity contribution in [2.24, 2.45) is 0 Å². The number of nitrogens with zero attached hydrogens (tertiary/aromatic N) is 1. The fraction of sp³-hybridized carbons (Fsp3) is 0.281. The number of amides is 2. The van der Waals surface area contributed by atoms with E-state index in [1.54, 1.807) is 24.3 Å². The Balaban J connectivity index is 1.32. The topological polar surface area (TPSA) is 112 Å². The lowest BCUT2D eigenvalue weighted by atomic mass is 10.2. The minimum atomic E-state index is -1.02. The lowest BCUT2D eigenvalue weighted by Gasteiger charge is -2.16. The molecule has 4 rings (SSSR count). The van der Waals surface area contributed by atoms with E-state index < -0.39 is 5.97 Å². The maximum atomic E-state index is 13.6. The number of benzene rings is 3. The van der Waals surface area contributed by atoms with Crippen molar-refractivity contribution in [3.8, 4) is 5.75 Å². The van der Waals surface area contributed by atoms with Crippen LogP contribution in [-0.4, -0.2) is 69.1 Å². The maximum Gasteiger partial charge on any atom is 0.329 e. The first kappa shape index (κ1) is 32.3. The van der Waals surface area contributed by atoms with E-state index in [-0.39, 0.29) is 31.6 Å². The summed E-state index contributed by atoms with van der Waals surface area (Å²) in [5.41, 5.74) is 2.69. The van der Waals surface area contributed by atoms with Crippen molar-refractivity contribution in [3.05, 3.63) is 93.7 Å². The van der Waals surface area contributed by atoms with E-state index in [9.17, 15) is 14.4 Å². The number of hydrogen-bond acceptors (Lipinski definition) is 9. The van der Waals surface area contributed by atoms with Crippen molar-refractivity contribution in [2.75, 3.05) is 51.1 Å². The summed E-state index contributed by atoms with van der Waals surface area (Å²) in [6, 6.07) is 22.5. The molecule has 0 unspecified atom stereocenters. The van der Waals surface area contributed by atoms with Crippen LogP contribution in [0.1, 0.15) is 11.1 Å². The Morgan fingerprint density at radius 3 is 1.56 bits per heavy atom. The number of carboxylic acid groups (broad SMARTS) is 1. The molecule has 1 heterocycles. The lowest BCUT2D eigenvalue weighted by Crippen LogP contribution is -2.31. The summed E-state index contributed by atoms with van der Waals surface area (Å²) in [5.74, 6) is -1.15. The Bertz CT molecular complexity index is 1350. The van der Waals surface area contributed by atoms with Crippen LogP contribution in [0.2, 0.25) is 0 Å². The van der Waals surface area contributed by atoms with Crippen LogP contribution < -0.4 is 9.64 Å². The zero-order valence-corrected chi connectivity index (χ0v) is 25.6. The summed E-state index contributed by atoms with van der Waals surface area (Å²) in [4.78, 5) is 41.4. The van der Waals surface area contributed by atoms with Crippen LogP contribution in [0.5, 0.6) is 5.75 Å². The number of carboxylic acids is 1. The first-order valence-corrected chi connectivity index (χ1v) is 15.2. The van der Waals surface area contributed by atoms with Gasteiger partial charge in [0.2, 0.25) is 0 Å². The number of carbonyl (C=O) groups excluding carboxylic acids is 2. The van der Waals surface area contributed by atoms with Gasteiger partial charge in [-0.05, 0) is 62.4 Å². The van der Waals surface area contributed by atoms with Gasteiger partial charge in [-0.15, -0.1) is 0 Å². The third-order valence-corrected chi connectivity index (χ3v) is 8.35. The smallest absolute Gasteiger partial charge is 0.329 e. The monoisotopic (exact) mass is 623 g/mol. The Morgan fingerprint density at radius 1 is 0.651 bits per heavy atom. The van der Waals surface area contributed by atoms with Gasteiger partial charge in [0, 0.05) is 9.79 Å². The Kier molecular flexibility index (Phi) is 12.2. The number of anilines is 1. The number of aliphatic carboxylic acids is 1. The molecule has 0 spiro atoms. The molecule has 2 amide bonds. The predicted molar refractivity (Wildman–Crippen MR) is 166 cm³/mol. The number of rotatable bonds is 17. The van der Waals surface area contributed by atoms with Crippen LogP contribution in [0.15, 0.2) is 92.4 Å². The fourth-order valence-electron chi connectivity index (χ4n) is 3.86. The number of carbonyl (C=O) groups is 3. The summed E-state index contributed by atoms with van der Waals surface area (Å²) in [5, 5.41) is 8.50. The molecule has 0 fully saturated rings. The first-order chi connectivity index (χ1) is 20.8. The first-order valence-electron chi connectivity index (χ1n) is 13.6. The molecule has 3 aromatic rings. The van der Waals surface area contributed by atoms with E-state index in [4.69, 9.17) is 24.1 Å². The highest BCUT2D eigenvalue weighted by atomic mass is 32.2. The molecule has 0 radical (unpaired) electrons. The van der Waals surface area contributed by atoms with Crippen molar-refractivity contribution in [3.63, 3.8) is 0 Å². The molecule has 1 aliphatic heterocycles. The van der Waals surface area contributed by atoms with E-state index in [1.807, 2.05) is 62.4 Å². The van der Waals surface area contributed by atoms with Gasteiger partial charge < -0.3 is 24.1 Å². The van der Waals surface area contributed by atoms with Gasteiger partial charge in [-0.3, -0.25) is 9.59 Å². The minimum Gasteiger partial charge on any atom is -0.491 e. The summed E-state index contributed by atoms with van der Waals surface area (Å²) >= 11 is 2.60. The molecular formula is C32H33NO8S2. The highest BCUT2D eigenvalue weighted by molar-refractivity contribution is 8.08. The van der Waals surface area contributed by atoms with Crippen LogP contribution in [0.25, 0.3) is 0 Å². The summed E-state index contributed by atoms with van der Waals surface area (Å²) in [7, 11) is 0. The standard InChI is InChI=1S/C32H33NO8S2/c1-22-3-11-26(12-4-22)42-29-30(43-27-13-5-23(2)6-14-27)32(37)33(31(29)36)24-7-9-25(10-8-24)41-20-19-39-16-15-38-17-18-40-21-28(34)35/h3-14H,15-21H2,1-2H3,(H,34,35). The van der Waals surface area contributed by atoms with Crippen LogP contribution in [0.3, 0.4) is 0 Å². The molecule has 226 valence electrons. The van der Waals surface area contributed by atoms with Crippen LogP contribution in [0.4, 0.5) is 5.69 Å². The van der Waals surface area contributed by atoms with Gasteiger partial charge >= 0.3 is 5.97 Å². The van der Waals surface area contributed by atoms with E-state index in [2.05, 4.69) is 0 Å². The number of imide groups is 1. The second-order valence-corrected chi connectivity index (χ2v) is 11.6. The molecule has 0 saturated heterocycles. The molecule has 0 bridgehead atoms. The van der Waals surface area contributed by atoms with Crippen molar-refractivity contribution in [1.29, 1.82) is 0 Å². The molecule has 0 aromatic heterocycles. The molecule has 3 aromatic carbocycles. The number of hydrogen-bond donors (Lipinski definition) is 1. The summed E-state index contributed by atoms with van der Waals surface area (Å²) in [6.45, 7) is 5.51. The van der Waals surface area contributed by atoms with E-state index in [0.29, 0.717) is 47.7 Å². The molecule has 43 heavy (non-hydrogen) atoms. The second-order valence-electron chi connectivity index (χ2n) is 9.45. The average molecular weight is 624 g/mol. The lowest BCUT2D eigenvalue weighted by molar-refractivity contribution is -0.142. The van der Waals surface area contributed by atoms with Crippen LogP contribution in [-0.2, 0) is 28.6 Å². The molecule has 9 nitrogen and oxygen atoms in total. The number of aryl methyl sites for hydroxylation is 2.